The summed E-state index contributed by atoms with van der Waals surface area (Å²) in [5.74, 6) is -0.843. The zero-order valence-corrected chi connectivity index (χ0v) is 14.8. The number of hydrogen-bond acceptors (Lipinski definition) is 6. The van der Waals surface area contributed by atoms with Gasteiger partial charge in [0.15, 0.2) is 0 Å². The highest BCUT2D eigenvalue weighted by Gasteiger charge is 2.41. The van der Waals surface area contributed by atoms with Crippen molar-refractivity contribution >= 4 is 17.5 Å². The Morgan fingerprint density at radius 1 is 1.19 bits per heavy atom. The van der Waals surface area contributed by atoms with E-state index in [1.807, 2.05) is 32.0 Å². The van der Waals surface area contributed by atoms with Crippen LogP contribution in [0.2, 0.25) is 0 Å². The van der Waals surface area contributed by atoms with Gasteiger partial charge in [0.1, 0.15) is 24.0 Å². The minimum Gasteiger partial charge on any atom is -0.491 e. The maximum absolute atomic E-state index is 12.5. The molecule has 1 N–H and O–H groups in total. The topological polar surface area (TPSA) is 110 Å². The molecule has 2 aromatic rings. The Bertz CT molecular complexity index is 940. The molecule has 140 valence electrons. The van der Waals surface area contributed by atoms with Gasteiger partial charge in [-0.05, 0) is 37.1 Å². The summed E-state index contributed by atoms with van der Waals surface area (Å²) in [5.41, 5.74) is 1.20. The molecule has 0 radical (unpaired) electrons. The average molecular weight is 370 g/mol. The summed E-state index contributed by atoms with van der Waals surface area (Å²) in [4.78, 5) is 36.1. The number of amides is 2. The number of imide groups is 1. The first-order valence-electron chi connectivity index (χ1n) is 8.31. The fraction of sp³-hybridized carbons (Fsp3) is 0.263. The van der Waals surface area contributed by atoms with Crippen molar-refractivity contribution in [2.75, 3.05) is 13.2 Å². The Labute approximate surface area is 155 Å². The summed E-state index contributed by atoms with van der Waals surface area (Å²) in [6, 6.07) is 9.54. The highest BCUT2D eigenvalue weighted by atomic mass is 16.6. The van der Waals surface area contributed by atoms with Crippen molar-refractivity contribution in [2.45, 2.75) is 20.0 Å². The predicted octanol–water partition coefficient (Wildman–Crippen LogP) is 2.25. The average Bonchev–Trinajstić information content (AvgIpc) is 2.87. The molecular weight excluding hydrogens is 352 g/mol. The first-order chi connectivity index (χ1) is 12.8. The normalized spacial score (nSPS) is 14.3. The lowest BCUT2D eigenvalue weighted by molar-refractivity contribution is -0.385. The smallest absolute Gasteiger partial charge is 0.282 e. The van der Waals surface area contributed by atoms with Crippen LogP contribution in [0.15, 0.2) is 36.4 Å². The van der Waals surface area contributed by atoms with Gasteiger partial charge in [0.25, 0.3) is 17.5 Å². The van der Waals surface area contributed by atoms with Crippen LogP contribution in [0.5, 0.6) is 5.75 Å². The first kappa shape index (κ1) is 18.5. The molecule has 0 aliphatic carbocycles. The largest absolute Gasteiger partial charge is 0.491 e. The standard InChI is InChI=1S/C19H18N2O6/c1-11-6-7-12(2)16(8-11)27-10-13(22)9-20-18(23)14-4-3-5-15(21(25)26)17(14)19(20)24/h3-8,13,22H,9-10H2,1-2H3/t13-/m1/s1. The molecule has 0 unspecified atom stereocenters. The molecule has 0 bridgehead atoms. The number of hydrogen-bond donors (Lipinski definition) is 1. The number of carbonyl (C=O) groups excluding carboxylic acids is 2. The zero-order chi connectivity index (χ0) is 19.7. The fourth-order valence-electron chi connectivity index (χ4n) is 2.95. The van der Waals surface area contributed by atoms with Crippen molar-refractivity contribution in [1.29, 1.82) is 0 Å². The molecule has 3 rings (SSSR count). The van der Waals surface area contributed by atoms with Crippen LogP contribution in [0.25, 0.3) is 0 Å². The van der Waals surface area contributed by atoms with Crippen LogP contribution in [0.4, 0.5) is 5.69 Å². The van der Waals surface area contributed by atoms with Crippen LogP contribution >= 0.6 is 0 Å². The van der Waals surface area contributed by atoms with E-state index < -0.39 is 28.5 Å². The molecule has 0 saturated heterocycles. The van der Waals surface area contributed by atoms with E-state index in [0.717, 1.165) is 16.0 Å². The van der Waals surface area contributed by atoms with Gasteiger partial charge in [-0.1, -0.05) is 18.2 Å². The molecular formula is C19H18N2O6. The van der Waals surface area contributed by atoms with Gasteiger partial charge in [-0.15, -0.1) is 0 Å². The number of aliphatic hydroxyl groups is 1. The van der Waals surface area contributed by atoms with E-state index in [9.17, 15) is 24.8 Å². The third kappa shape index (κ3) is 3.52. The van der Waals surface area contributed by atoms with Gasteiger partial charge in [-0.25, -0.2) is 0 Å². The van der Waals surface area contributed by atoms with E-state index in [1.54, 1.807) is 0 Å². The summed E-state index contributed by atoms with van der Waals surface area (Å²) in [6.45, 7) is 3.34. The van der Waals surface area contributed by atoms with Crippen molar-refractivity contribution in [3.63, 3.8) is 0 Å². The monoisotopic (exact) mass is 370 g/mol. The Hall–Kier alpha value is -3.26. The molecule has 1 atom stereocenters. The van der Waals surface area contributed by atoms with Crippen molar-refractivity contribution in [1.82, 2.24) is 4.90 Å². The molecule has 1 heterocycles. The Morgan fingerprint density at radius 2 is 1.93 bits per heavy atom. The first-order valence-corrected chi connectivity index (χ1v) is 8.31. The lowest BCUT2D eigenvalue weighted by Gasteiger charge is -2.19. The highest BCUT2D eigenvalue weighted by Crippen LogP contribution is 2.30. The lowest BCUT2D eigenvalue weighted by Crippen LogP contribution is -2.39. The van der Waals surface area contributed by atoms with E-state index in [0.29, 0.717) is 5.75 Å². The molecule has 0 fully saturated rings. The van der Waals surface area contributed by atoms with E-state index >= 15 is 0 Å². The third-order valence-corrected chi connectivity index (χ3v) is 4.34. The number of carbonyl (C=O) groups is 2. The second-order valence-corrected chi connectivity index (χ2v) is 6.41. The van der Waals surface area contributed by atoms with E-state index in [-0.39, 0.29) is 24.3 Å². The number of nitro benzene ring substituents is 1. The molecule has 27 heavy (non-hydrogen) atoms. The SMILES string of the molecule is Cc1ccc(C)c(OC[C@H](O)CN2C(=O)c3cccc([N+](=O)[O-])c3C2=O)c1. The van der Waals surface area contributed by atoms with Crippen molar-refractivity contribution in [2.24, 2.45) is 0 Å². The molecule has 1 aliphatic heterocycles. The number of aryl methyl sites for hydroxylation is 2. The number of β-amino-alcohol motifs (C(OH)–C–C–N with tert-alkyl or cyclic N) is 1. The van der Waals surface area contributed by atoms with Gasteiger partial charge in [0.05, 0.1) is 17.0 Å². The van der Waals surface area contributed by atoms with Crippen LogP contribution < -0.4 is 4.74 Å². The quantitative estimate of drug-likeness (QED) is 0.474. The molecule has 8 heteroatoms. The maximum Gasteiger partial charge on any atom is 0.282 e. The molecule has 8 nitrogen and oxygen atoms in total. The molecule has 0 saturated carbocycles. The molecule has 0 aromatic heterocycles. The number of fused-ring (bicyclic) bond motifs is 1. The summed E-state index contributed by atoms with van der Waals surface area (Å²) < 4.78 is 5.59. The van der Waals surface area contributed by atoms with Gasteiger partial charge < -0.3 is 9.84 Å². The van der Waals surface area contributed by atoms with Gasteiger partial charge in [0.2, 0.25) is 0 Å². The Morgan fingerprint density at radius 3 is 2.63 bits per heavy atom. The number of rotatable bonds is 6. The molecule has 0 spiro atoms. The van der Waals surface area contributed by atoms with Crippen molar-refractivity contribution in [3.8, 4) is 5.75 Å². The molecule has 1 aliphatic rings. The minimum absolute atomic E-state index is 0.0307. The number of nitrogens with zero attached hydrogens (tertiary/aromatic N) is 2. The van der Waals surface area contributed by atoms with Gasteiger partial charge in [-0.3, -0.25) is 24.6 Å². The van der Waals surface area contributed by atoms with Gasteiger partial charge >= 0.3 is 0 Å². The fourth-order valence-corrected chi connectivity index (χ4v) is 2.95. The van der Waals surface area contributed by atoms with Gasteiger partial charge in [-0.2, -0.15) is 0 Å². The highest BCUT2D eigenvalue weighted by molar-refractivity contribution is 6.23. The van der Waals surface area contributed by atoms with Crippen molar-refractivity contribution < 1.29 is 24.4 Å². The third-order valence-electron chi connectivity index (χ3n) is 4.34. The maximum atomic E-state index is 12.5. The lowest BCUT2D eigenvalue weighted by atomic mass is 10.1. The van der Waals surface area contributed by atoms with Gasteiger partial charge in [0, 0.05) is 6.07 Å². The molecule has 2 amide bonds. The van der Waals surface area contributed by atoms with E-state index in [2.05, 4.69) is 0 Å². The Kier molecular flexibility index (Phi) is 4.91. The Balaban J connectivity index is 1.72. The van der Waals surface area contributed by atoms with E-state index in [4.69, 9.17) is 4.74 Å². The number of aliphatic hydroxyl groups excluding tert-OH is 1. The van der Waals surface area contributed by atoms with Crippen LogP contribution in [-0.2, 0) is 0 Å². The minimum atomic E-state index is -1.13. The predicted molar refractivity (Wildman–Crippen MR) is 95.9 cm³/mol. The van der Waals surface area contributed by atoms with Crippen LogP contribution in [0.3, 0.4) is 0 Å². The second-order valence-electron chi connectivity index (χ2n) is 6.41. The summed E-state index contributed by atoms with van der Waals surface area (Å²) in [5, 5.41) is 21.3. The second kappa shape index (κ2) is 7.16. The van der Waals surface area contributed by atoms with Crippen LogP contribution in [0, 0.1) is 24.0 Å². The number of benzene rings is 2. The summed E-state index contributed by atoms with van der Waals surface area (Å²) >= 11 is 0. The number of ether oxygens (including phenoxy) is 1. The van der Waals surface area contributed by atoms with Crippen molar-refractivity contribution in [3.05, 3.63) is 68.8 Å². The van der Waals surface area contributed by atoms with Crippen LogP contribution in [0.1, 0.15) is 31.8 Å². The zero-order valence-electron chi connectivity index (χ0n) is 14.8. The molecule has 2 aromatic carbocycles. The number of nitro groups is 1. The summed E-state index contributed by atoms with van der Waals surface area (Å²) in [7, 11) is 0. The van der Waals surface area contributed by atoms with Crippen LogP contribution in [-0.4, -0.2) is 46.0 Å². The van der Waals surface area contributed by atoms with E-state index in [1.165, 1.54) is 18.2 Å². The summed E-state index contributed by atoms with van der Waals surface area (Å²) in [6.07, 6.45) is -1.13.